The third kappa shape index (κ3) is 43.1. The van der Waals surface area contributed by atoms with Crippen LogP contribution >= 0.6 is 0 Å². The van der Waals surface area contributed by atoms with Crippen molar-refractivity contribution in [3.8, 4) is 0 Å². The fraction of sp³-hybridized carbons (Fsp3) is 0.878. The fourth-order valence-corrected chi connectivity index (χ4v) is 6.89. The first-order valence-electron chi connectivity index (χ1n) is 23.9. The number of rotatable bonds is 44. The van der Waals surface area contributed by atoms with Crippen LogP contribution in [0.25, 0.3) is 0 Å². The molecule has 0 spiro atoms. The molecule has 0 rings (SSSR count). The zero-order chi connectivity index (χ0) is 39.3. The van der Waals surface area contributed by atoms with Gasteiger partial charge in [0.1, 0.15) is 6.61 Å². The molecule has 0 radical (unpaired) electrons. The number of hydrogen-bond donors (Lipinski definition) is 0. The number of ether oxygens (including phenoxy) is 3. The SMILES string of the molecule is CCCCC/C=C\C/C=C\CCCCCCCCCCCCOCC(COC(=O)CCCCCCCCCCC)OC(=O)CCCCCCCCCCC. The highest BCUT2D eigenvalue weighted by atomic mass is 16.6. The first kappa shape index (κ1) is 52.4. The Labute approximate surface area is 337 Å². The molecule has 0 bridgehead atoms. The third-order valence-electron chi connectivity index (χ3n) is 10.5. The van der Waals surface area contributed by atoms with Crippen LogP contribution in [-0.2, 0) is 23.8 Å². The summed E-state index contributed by atoms with van der Waals surface area (Å²) in [6.07, 6.45) is 51.8. The van der Waals surface area contributed by atoms with Crippen molar-refractivity contribution in [3.05, 3.63) is 24.3 Å². The smallest absolute Gasteiger partial charge is 0.306 e. The summed E-state index contributed by atoms with van der Waals surface area (Å²) in [6, 6.07) is 0. The molecular weight excluding hydrogens is 669 g/mol. The normalized spacial score (nSPS) is 12.3. The summed E-state index contributed by atoms with van der Waals surface area (Å²) in [5.41, 5.74) is 0. The Morgan fingerprint density at radius 2 is 0.778 bits per heavy atom. The van der Waals surface area contributed by atoms with Gasteiger partial charge in [0.15, 0.2) is 6.10 Å². The molecule has 0 saturated carbocycles. The van der Waals surface area contributed by atoms with Crippen molar-refractivity contribution in [3.63, 3.8) is 0 Å². The lowest BCUT2D eigenvalue weighted by molar-refractivity contribution is -0.163. The summed E-state index contributed by atoms with van der Waals surface area (Å²) in [6.45, 7) is 7.80. The minimum Gasteiger partial charge on any atom is -0.462 e. The van der Waals surface area contributed by atoms with E-state index >= 15 is 0 Å². The van der Waals surface area contributed by atoms with Gasteiger partial charge in [-0.3, -0.25) is 9.59 Å². The van der Waals surface area contributed by atoms with E-state index in [-0.39, 0.29) is 18.5 Å². The van der Waals surface area contributed by atoms with Crippen LogP contribution in [0.5, 0.6) is 0 Å². The van der Waals surface area contributed by atoms with E-state index in [0.29, 0.717) is 26.1 Å². The molecule has 0 fully saturated rings. The van der Waals surface area contributed by atoms with Gasteiger partial charge in [-0.25, -0.2) is 0 Å². The van der Waals surface area contributed by atoms with Gasteiger partial charge < -0.3 is 14.2 Å². The molecule has 0 aromatic rings. The second-order valence-electron chi connectivity index (χ2n) is 16.0. The van der Waals surface area contributed by atoms with Crippen LogP contribution in [0.15, 0.2) is 24.3 Å². The van der Waals surface area contributed by atoms with E-state index in [1.54, 1.807) is 0 Å². The van der Waals surface area contributed by atoms with Crippen molar-refractivity contribution in [2.45, 2.75) is 258 Å². The maximum Gasteiger partial charge on any atom is 0.306 e. The van der Waals surface area contributed by atoms with Gasteiger partial charge in [0.2, 0.25) is 0 Å². The Kier molecular flexibility index (Phi) is 44.4. The number of hydrogen-bond acceptors (Lipinski definition) is 5. The maximum absolute atomic E-state index is 12.7. The molecule has 1 unspecified atom stereocenters. The standard InChI is InChI=1S/C49H92O5/c1-4-7-10-13-16-19-20-21-22-23-24-25-26-27-28-29-32-35-38-41-44-52-45-47(54-49(51)43-40-37-34-31-18-15-12-9-6-3)46-53-48(50)42-39-36-33-30-17-14-11-8-5-2/h16,19,21-22,47H,4-15,17-18,20,23-46H2,1-3H3/b19-16-,22-21-. The van der Waals surface area contributed by atoms with Crippen LogP contribution in [0.3, 0.4) is 0 Å². The van der Waals surface area contributed by atoms with E-state index in [0.717, 1.165) is 44.9 Å². The third-order valence-corrected chi connectivity index (χ3v) is 10.5. The predicted molar refractivity (Wildman–Crippen MR) is 233 cm³/mol. The second-order valence-corrected chi connectivity index (χ2v) is 16.0. The largest absolute Gasteiger partial charge is 0.462 e. The quantitative estimate of drug-likeness (QED) is 0.0352. The zero-order valence-corrected chi connectivity index (χ0v) is 36.5. The Morgan fingerprint density at radius 1 is 0.407 bits per heavy atom. The predicted octanol–water partition coefficient (Wildman–Crippen LogP) is 15.7. The fourth-order valence-electron chi connectivity index (χ4n) is 6.89. The van der Waals surface area contributed by atoms with E-state index in [1.165, 1.54) is 173 Å². The average Bonchev–Trinajstić information content (AvgIpc) is 3.17. The van der Waals surface area contributed by atoms with Crippen LogP contribution in [0.4, 0.5) is 0 Å². The monoisotopic (exact) mass is 761 g/mol. The van der Waals surface area contributed by atoms with Crippen molar-refractivity contribution in [2.75, 3.05) is 19.8 Å². The molecule has 0 heterocycles. The van der Waals surface area contributed by atoms with Gasteiger partial charge in [-0.1, -0.05) is 212 Å². The van der Waals surface area contributed by atoms with Crippen molar-refractivity contribution in [2.24, 2.45) is 0 Å². The lowest BCUT2D eigenvalue weighted by Crippen LogP contribution is -2.30. The van der Waals surface area contributed by atoms with Crippen LogP contribution in [0, 0.1) is 0 Å². The molecule has 54 heavy (non-hydrogen) atoms. The molecule has 0 saturated heterocycles. The van der Waals surface area contributed by atoms with Gasteiger partial charge in [0.25, 0.3) is 0 Å². The van der Waals surface area contributed by atoms with E-state index in [4.69, 9.17) is 14.2 Å². The number of esters is 2. The summed E-state index contributed by atoms with van der Waals surface area (Å²) in [5, 5.41) is 0. The lowest BCUT2D eigenvalue weighted by atomic mass is 10.1. The molecule has 0 aromatic carbocycles. The van der Waals surface area contributed by atoms with Gasteiger partial charge in [-0.2, -0.15) is 0 Å². The summed E-state index contributed by atoms with van der Waals surface area (Å²) in [4.78, 5) is 25.1. The first-order chi connectivity index (χ1) is 26.6. The van der Waals surface area contributed by atoms with Gasteiger partial charge >= 0.3 is 11.9 Å². The van der Waals surface area contributed by atoms with Crippen molar-refractivity contribution in [1.82, 2.24) is 0 Å². The van der Waals surface area contributed by atoms with Crippen LogP contribution in [-0.4, -0.2) is 37.9 Å². The molecule has 0 N–H and O–H groups in total. The van der Waals surface area contributed by atoms with Gasteiger partial charge in [-0.05, 0) is 51.4 Å². The van der Waals surface area contributed by atoms with E-state index in [2.05, 4.69) is 45.1 Å². The van der Waals surface area contributed by atoms with E-state index in [1.807, 2.05) is 0 Å². The molecule has 318 valence electrons. The number of allylic oxidation sites excluding steroid dienone is 4. The van der Waals surface area contributed by atoms with Crippen LogP contribution in [0.2, 0.25) is 0 Å². The van der Waals surface area contributed by atoms with Crippen LogP contribution < -0.4 is 0 Å². The molecule has 0 aliphatic carbocycles. The molecule has 0 aliphatic heterocycles. The Hall–Kier alpha value is -1.62. The van der Waals surface area contributed by atoms with Crippen molar-refractivity contribution in [1.29, 1.82) is 0 Å². The van der Waals surface area contributed by atoms with Gasteiger partial charge in [0, 0.05) is 19.4 Å². The zero-order valence-electron chi connectivity index (χ0n) is 36.5. The van der Waals surface area contributed by atoms with Gasteiger partial charge in [-0.15, -0.1) is 0 Å². The molecule has 0 aliphatic rings. The molecule has 5 heteroatoms. The first-order valence-corrected chi connectivity index (χ1v) is 23.9. The summed E-state index contributed by atoms with van der Waals surface area (Å²) < 4.78 is 17.3. The molecule has 0 amide bonds. The lowest BCUT2D eigenvalue weighted by Gasteiger charge is -2.18. The highest BCUT2D eigenvalue weighted by Crippen LogP contribution is 2.15. The van der Waals surface area contributed by atoms with Crippen molar-refractivity contribution < 1.29 is 23.8 Å². The topological polar surface area (TPSA) is 61.8 Å². The summed E-state index contributed by atoms with van der Waals surface area (Å²) in [5.74, 6) is -0.392. The van der Waals surface area contributed by atoms with E-state index in [9.17, 15) is 9.59 Å². The minimum atomic E-state index is -0.526. The maximum atomic E-state index is 12.7. The molecule has 1 atom stereocenters. The molecule has 5 nitrogen and oxygen atoms in total. The number of carbonyl (C=O) groups is 2. The number of unbranched alkanes of at least 4 members (excludes halogenated alkanes) is 29. The second kappa shape index (κ2) is 45.8. The van der Waals surface area contributed by atoms with Gasteiger partial charge in [0.05, 0.1) is 6.61 Å². The summed E-state index contributed by atoms with van der Waals surface area (Å²) >= 11 is 0. The Morgan fingerprint density at radius 3 is 1.26 bits per heavy atom. The highest BCUT2D eigenvalue weighted by Gasteiger charge is 2.17. The van der Waals surface area contributed by atoms with Crippen LogP contribution in [0.1, 0.15) is 252 Å². The summed E-state index contributed by atoms with van der Waals surface area (Å²) in [7, 11) is 0. The molecular formula is C49H92O5. The van der Waals surface area contributed by atoms with Crippen molar-refractivity contribution >= 4 is 11.9 Å². The average molecular weight is 761 g/mol. The minimum absolute atomic E-state index is 0.0906. The Balaban J connectivity index is 4.09. The highest BCUT2D eigenvalue weighted by molar-refractivity contribution is 5.70. The van der Waals surface area contributed by atoms with E-state index < -0.39 is 6.10 Å². The molecule has 0 aromatic heterocycles. The number of carbonyl (C=O) groups excluding carboxylic acids is 2. The Bertz CT molecular complexity index is 821.